The van der Waals surface area contributed by atoms with E-state index in [0.29, 0.717) is 0 Å². The Bertz CT molecular complexity index is 591. The van der Waals surface area contributed by atoms with Gasteiger partial charge >= 0.3 is 0 Å². The molecule has 0 fully saturated rings. The second-order valence-corrected chi connectivity index (χ2v) is 7.28. The molecule has 0 aromatic carbocycles. The quantitative estimate of drug-likeness (QED) is 0.783. The molecule has 0 aliphatic rings. The molecule has 0 bridgehead atoms. The molecular formula is C7H8ClNO4S2. The number of pyridine rings is 1. The summed E-state index contributed by atoms with van der Waals surface area (Å²) in [5.41, 5.74) is 0. The van der Waals surface area contributed by atoms with Crippen LogP contribution in [-0.2, 0) is 19.7 Å². The standard InChI is InChI=1S/C7H8ClNO4S2/c1-14(10,11)6-4-3-5(8)7(9-6)15(2,12)13/h3-4H,1-2H3. The third-order valence-electron chi connectivity index (χ3n) is 1.52. The summed E-state index contributed by atoms with van der Waals surface area (Å²) < 4.78 is 44.6. The first-order valence-corrected chi connectivity index (χ1v) is 7.85. The lowest BCUT2D eigenvalue weighted by atomic mass is 10.5. The molecule has 0 atom stereocenters. The van der Waals surface area contributed by atoms with E-state index < -0.39 is 24.7 Å². The van der Waals surface area contributed by atoms with Gasteiger partial charge in [0.05, 0.1) is 5.02 Å². The molecule has 0 radical (unpaired) electrons. The van der Waals surface area contributed by atoms with Crippen LogP contribution in [0, 0.1) is 0 Å². The van der Waals surface area contributed by atoms with Crippen LogP contribution in [0.3, 0.4) is 0 Å². The summed E-state index contributed by atoms with van der Waals surface area (Å²) in [6.45, 7) is 0. The lowest BCUT2D eigenvalue weighted by Crippen LogP contribution is -2.07. The van der Waals surface area contributed by atoms with E-state index in [0.717, 1.165) is 18.6 Å². The highest BCUT2D eigenvalue weighted by atomic mass is 35.5. The molecule has 8 heteroatoms. The van der Waals surface area contributed by atoms with Crippen LogP contribution in [0.5, 0.6) is 0 Å². The van der Waals surface area contributed by atoms with E-state index in [1.807, 2.05) is 0 Å². The van der Waals surface area contributed by atoms with E-state index in [1.54, 1.807) is 0 Å². The monoisotopic (exact) mass is 269 g/mol. The topological polar surface area (TPSA) is 81.2 Å². The molecule has 1 heterocycles. The van der Waals surface area contributed by atoms with E-state index in [4.69, 9.17) is 11.6 Å². The number of hydrogen-bond donors (Lipinski definition) is 0. The molecule has 0 N–H and O–H groups in total. The van der Waals surface area contributed by atoms with Crippen molar-refractivity contribution in [1.29, 1.82) is 0 Å². The minimum atomic E-state index is -3.62. The fourth-order valence-electron chi connectivity index (χ4n) is 0.873. The normalized spacial score (nSPS) is 12.7. The second-order valence-electron chi connectivity index (χ2n) is 2.98. The molecule has 15 heavy (non-hydrogen) atoms. The molecule has 0 saturated carbocycles. The van der Waals surface area contributed by atoms with Crippen molar-refractivity contribution >= 4 is 31.3 Å². The van der Waals surface area contributed by atoms with Gasteiger partial charge in [0.1, 0.15) is 0 Å². The van der Waals surface area contributed by atoms with Gasteiger partial charge in [0.2, 0.25) is 0 Å². The van der Waals surface area contributed by atoms with Crippen LogP contribution < -0.4 is 0 Å². The van der Waals surface area contributed by atoms with Crippen LogP contribution in [0.4, 0.5) is 0 Å². The van der Waals surface area contributed by atoms with Crippen molar-refractivity contribution in [1.82, 2.24) is 4.98 Å². The molecule has 0 aliphatic carbocycles. The van der Waals surface area contributed by atoms with Crippen molar-refractivity contribution < 1.29 is 16.8 Å². The Hall–Kier alpha value is -0.660. The maximum absolute atomic E-state index is 11.2. The van der Waals surface area contributed by atoms with Gasteiger partial charge in [-0.15, -0.1) is 0 Å². The highest BCUT2D eigenvalue weighted by Crippen LogP contribution is 2.20. The van der Waals surface area contributed by atoms with Crippen molar-refractivity contribution in [3.8, 4) is 0 Å². The van der Waals surface area contributed by atoms with Crippen molar-refractivity contribution in [2.75, 3.05) is 12.5 Å². The van der Waals surface area contributed by atoms with Gasteiger partial charge in [-0.05, 0) is 12.1 Å². The SMILES string of the molecule is CS(=O)(=O)c1ccc(Cl)c(S(C)(=O)=O)n1. The fourth-order valence-corrected chi connectivity index (χ4v) is 2.72. The largest absolute Gasteiger partial charge is 0.223 e. The van der Waals surface area contributed by atoms with Crippen LogP contribution in [0.25, 0.3) is 0 Å². The van der Waals surface area contributed by atoms with Gasteiger partial charge in [0, 0.05) is 12.5 Å². The van der Waals surface area contributed by atoms with E-state index in [9.17, 15) is 16.8 Å². The van der Waals surface area contributed by atoms with Gasteiger partial charge in [-0.3, -0.25) is 0 Å². The lowest BCUT2D eigenvalue weighted by molar-refractivity contribution is 0.591. The van der Waals surface area contributed by atoms with Gasteiger partial charge < -0.3 is 0 Å². The van der Waals surface area contributed by atoms with Crippen molar-refractivity contribution in [3.05, 3.63) is 17.2 Å². The Balaban J connectivity index is 3.57. The van der Waals surface area contributed by atoms with Crippen LogP contribution in [0.1, 0.15) is 0 Å². The van der Waals surface area contributed by atoms with Crippen molar-refractivity contribution in [2.45, 2.75) is 10.1 Å². The molecule has 1 aromatic heterocycles. The molecule has 5 nitrogen and oxygen atoms in total. The van der Waals surface area contributed by atoms with Gasteiger partial charge in [0.25, 0.3) is 0 Å². The first-order chi connectivity index (χ1) is 6.62. The van der Waals surface area contributed by atoms with E-state index >= 15 is 0 Å². The molecule has 0 aliphatic heterocycles. The number of sulfone groups is 2. The zero-order chi connectivity index (χ0) is 11.9. The third-order valence-corrected chi connectivity index (χ3v) is 3.94. The summed E-state index contributed by atoms with van der Waals surface area (Å²) in [6, 6.07) is 2.35. The molecule has 0 spiro atoms. The smallest absolute Gasteiger partial charge is 0.194 e. The highest BCUT2D eigenvalue weighted by molar-refractivity contribution is 7.91. The fraction of sp³-hybridized carbons (Fsp3) is 0.286. The molecule has 1 aromatic rings. The summed E-state index contributed by atoms with van der Waals surface area (Å²) in [7, 11) is -7.16. The van der Waals surface area contributed by atoms with Gasteiger partial charge in [0.15, 0.2) is 29.7 Å². The first-order valence-electron chi connectivity index (χ1n) is 3.69. The van der Waals surface area contributed by atoms with Gasteiger partial charge in [-0.1, -0.05) is 11.6 Å². The van der Waals surface area contributed by atoms with E-state index in [1.165, 1.54) is 6.07 Å². The lowest BCUT2D eigenvalue weighted by Gasteiger charge is -2.03. The minimum Gasteiger partial charge on any atom is -0.223 e. The minimum absolute atomic E-state index is 0.0927. The molecule has 1 rings (SSSR count). The predicted molar refractivity (Wildman–Crippen MR) is 55.5 cm³/mol. The summed E-state index contributed by atoms with van der Waals surface area (Å²) in [6.07, 6.45) is 1.85. The zero-order valence-electron chi connectivity index (χ0n) is 7.93. The van der Waals surface area contributed by atoms with Crippen molar-refractivity contribution in [2.24, 2.45) is 0 Å². The second kappa shape index (κ2) is 3.73. The van der Waals surface area contributed by atoms with E-state index in [2.05, 4.69) is 4.98 Å². The molecule has 0 saturated heterocycles. The molecular weight excluding hydrogens is 262 g/mol. The third kappa shape index (κ3) is 2.90. The van der Waals surface area contributed by atoms with Crippen LogP contribution >= 0.6 is 11.6 Å². The van der Waals surface area contributed by atoms with Crippen LogP contribution in [-0.4, -0.2) is 34.3 Å². The summed E-state index contributed by atoms with van der Waals surface area (Å²) >= 11 is 5.59. The first kappa shape index (κ1) is 12.4. The Labute approximate surface area is 92.9 Å². The summed E-state index contributed by atoms with van der Waals surface area (Å²) in [5, 5.41) is -0.829. The zero-order valence-corrected chi connectivity index (χ0v) is 10.3. The predicted octanol–water partition coefficient (Wildman–Crippen LogP) is 0.542. The van der Waals surface area contributed by atoms with Crippen LogP contribution in [0.2, 0.25) is 5.02 Å². The number of hydrogen-bond acceptors (Lipinski definition) is 5. The molecule has 0 unspecified atom stereocenters. The van der Waals surface area contributed by atoms with Gasteiger partial charge in [-0.25, -0.2) is 21.8 Å². The Morgan fingerprint density at radius 3 is 2.00 bits per heavy atom. The van der Waals surface area contributed by atoms with E-state index in [-0.39, 0.29) is 10.0 Å². The number of aromatic nitrogens is 1. The van der Waals surface area contributed by atoms with Gasteiger partial charge in [-0.2, -0.15) is 0 Å². The van der Waals surface area contributed by atoms with Crippen LogP contribution in [0.15, 0.2) is 22.2 Å². The Morgan fingerprint density at radius 1 is 1.07 bits per heavy atom. The maximum atomic E-state index is 11.2. The average Bonchev–Trinajstić information content (AvgIpc) is 2.00. The highest BCUT2D eigenvalue weighted by Gasteiger charge is 2.18. The Morgan fingerprint density at radius 2 is 1.60 bits per heavy atom. The number of rotatable bonds is 2. The summed E-state index contributed by atoms with van der Waals surface area (Å²) in [4.78, 5) is 3.51. The maximum Gasteiger partial charge on any atom is 0.194 e. The molecule has 84 valence electrons. The number of halogens is 1. The molecule has 0 amide bonds. The van der Waals surface area contributed by atoms with Crippen molar-refractivity contribution in [3.63, 3.8) is 0 Å². The number of nitrogens with zero attached hydrogens (tertiary/aromatic N) is 1. The summed E-state index contributed by atoms with van der Waals surface area (Å²) in [5.74, 6) is 0. The Kier molecular flexibility index (Phi) is 3.09. The average molecular weight is 270 g/mol.